The van der Waals surface area contributed by atoms with Gasteiger partial charge in [0.1, 0.15) is 0 Å². The van der Waals surface area contributed by atoms with E-state index < -0.39 is 10.0 Å². The maximum atomic E-state index is 11.3. The van der Waals surface area contributed by atoms with Crippen LogP contribution >= 0.6 is 11.3 Å². The number of carbonyl (C=O) groups is 1. The molecule has 0 atom stereocenters. The lowest BCUT2D eigenvalue weighted by molar-refractivity contribution is -0.120. The second-order valence-electron chi connectivity index (χ2n) is 3.29. The van der Waals surface area contributed by atoms with Gasteiger partial charge >= 0.3 is 0 Å². The second-order valence-corrected chi connectivity index (χ2v) is 5.89. The van der Waals surface area contributed by atoms with Gasteiger partial charge in [0.2, 0.25) is 15.9 Å². The lowest BCUT2D eigenvalue weighted by Gasteiger charge is -1.99. The van der Waals surface area contributed by atoms with E-state index in [-0.39, 0.29) is 17.5 Å². The largest absolute Gasteiger partial charge is 0.352 e. The Morgan fingerprint density at radius 2 is 2.35 bits per heavy atom. The predicted molar refractivity (Wildman–Crippen MR) is 67.5 cm³/mol. The molecule has 0 bridgehead atoms. The van der Waals surface area contributed by atoms with E-state index in [1.165, 1.54) is 0 Å². The first-order chi connectivity index (χ1) is 7.90. The molecule has 8 heteroatoms. The third-order valence-electron chi connectivity index (χ3n) is 1.61. The second kappa shape index (κ2) is 5.78. The van der Waals surface area contributed by atoms with Gasteiger partial charge in [-0.2, -0.15) is 0 Å². The Hall–Kier alpha value is -1.41. The Morgan fingerprint density at radius 3 is 2.94 bits per heavy atom. The number of aromatic nitrogens is 1. The molecule has 0 radical (unpaired) electrons. The van der Waals surface area contributed by atoms with E-state index >= 15 is 0 Å². The van der Waals surface area contributed by atoms with Crippen LogP contribution in [0.3, 0.4) is 0 Å². The highest BCUT2D eigenvalue weighted by Crippen LogP contribution is 2.16. The van der Waals surface area contributed by atoms with Gasteiger partial charge in [-0.15, -0.1) is 17.9 Å². The van der Waals surface area contributed by atoms with E-state index in [4.69, 9.17) is 0 Å². The Labute approximate surface area is 104 Å². The molecule has 1 heterocycles. The summed E-state index contributed by atoms with van der Waals surface area (Å²) in [6.07, 6.45) is 2.75. The molecule has 0 saturated heterocycles. The summed E-state index contributed by atoms with van der Waals surface area (Å²) >= 11 is 1.14. The summed E-state index contributed by atoms with van der Waals surface area (Å²) in [7, 11) is -3.32. The average molecular weight is 275 g/mol. The van der Waals surface area contributed by atoms with Crippen LogP contribution in [0, 0.1) is 0 Å². The van der Waals surface area contributed by atoms with Crippen molar-refractivity contribution in [1.29, 1.82) is 0 Å². The highest BCUT2D eigenvalue weighted by atomic mass is 32.2. The summed E-state index contributed by atoms with van der Waals surface area (Å²) in [5, 5.41) is 4.51. The van der Waals surface area contributed by atoms with Gasteiger partial charge in [0.15, 0.2) is 5.13 Å². The number of hydrogen-bond donors (Lipinski definition) is 2. The molecule has 0 aliphatic heterocycles. The molecule has 0 aromatic carbocycles. The van der Waals surface area contributed by atoms with E-state index in [9.17, 15) is 13.2 Å². The average Bonchev–Trinajstić information content (AvgIpc) is 2.59. The summed E-state index contributed by atoms with van der Waals surface area (Å²) in [5.74, 6) is -0.180. The zero-order chi connectivity index (χ0) is 12.9. The number of carbonyl (C=O) groups excluding carboxylic acids is 1. The summed E-state index contributed by atoms with van der Waals surface area (Å²) in [4.78, 5) is 15.3. The molecule has 6 nitrogen and oxygen atoms in total. The van der Waals surface area contributed by atoms with Crippen LogP contribution in [0.4, 0.5) is 5.13 Å². The van der Waals surface area contributed by atoms with Crippen molar-refractivity contribution in [3.63, 3.8) is 0 Å². The van der Waals surface area contributed by atoms with Crippen molar-refractivity contribution in [2.75, 3.05) is 17.5 Å². The third kappa shape index (κ3) is 5.45. The lowest BCUT2D eigenvalue weighted by atomic mass is 10.3. The van der Waals surface area contributed by atoms with E-state index in [2.05, 4.69) is 21.6 Å². The smallest absolute Gasteiger partial charge is 0.231 e. The van der Waals surface area contributed by atoms with Crippen molar-refractivity contribution in [3.8, 4) is 0 Å². The Morgan fingerprint density at radius 1 is 1.65 bits per heavy atom. The van der Waals surface area contributed by atoms with Gasteiger partial charge in [0.05, 0.1) is 18.4 Å². The molecule has 1 aromatic heterocycles. The van der Waals surface area contributed by atoms with Crippen molar-refractivity contribution in [2.24, 2.45) is 0 Å². The fraction of sp³-hybridized carbons (Fsp3) is 0.333. The molecular weight excluding hydrogens is 262 g/mol. The molecule has 0 aliphatic carbocycles. The van der Waals surface area contributed by atoms with Crippen LogP contribution in [-0.4, -0.2) is 32.1 Å². The first kappa shape index (κ1) is 13.7. The van der Waals surface area contributed by atoms with Crippen LogP contribution < -0.4 is 10.0 Å². The molecule has 2 N–H and O–H groups in total. The molecule has 17 heavy (non-hydrogen) atoms. The monoisotopic (exact) mass is 275 g/mol. The van der Waals surface area contributed by atoms with Gasteiger partial charge in [-0.25, -0.2) is 13.4 Å². The number of nitrogens with one attached hydrogen (secondary N) is 2. The van der Waals surface area contributed by atoms with E-state index in [0.717, 1.165) is 17.6 Å². The van der Waals surface area contributed by atoms with E-state index in [0.29, 0.717) is 12.2 Å². The molecule has 1 rings (SSSR count). The lowest BCUT2D eigenvalue weighted by Crippen LogP contribution is -2.25. The van der Waals surface area contributed by atoms with Crippen LogP contribution in [0.5, 0.6) is 0 Å². The highest BCUT2D eigenvalue weighted by Gasteiger charge is 2.09. The molecule has 1 amide bonds. The minimum atomic E-state index is -3.32. The fourth-order valence-corrected chi connectivity index (χ4v) is 2.57. The van der Waals surface area contributed by atoms with Crippen LogP contribution in [0.15, 0.2) is 18.0 Å². The Balaban J connectivity index is 2.57. The first-order valence-electron chi connectivity index (χ1n) is 4.70. The molecule has 94 valence electrons. The van der Waals surface area contributed by atoms with Gasteiger partial charge < -0.3 is 5.32 Å². The predicted octanol–water partition coefficient (Wildman–Crippen LogP) is 0.359. The molecule has 0 unspecified atom stereocenters. The number of sulfonamides is 1. The summed E-state index contributed by atoms with van der Waals surface area (Å²) in [6.45, 7) is 3.88. The Bertz CT molecular complexity index is 507. The van der Waals surface area contributed by atoms with E-state index in [1.54, 1.807) is 11.5 Å². The van der Waals surface area contributed by atoms with Crippen LogP contribution in [-0.2, 0) is 21.2 Å². The van der Waals surface area contributed by atoms with E-state index in [1.807, 2.05) is 0 Å². The quantitative estimate of drug-likeness (QED) is 0.734. The van der Waals surface area contributed by atoms with Crippen LogP contribution in [0.2, 0.25) is 0 Å². The van der Waals surface area contributed by atoms with Crippen molar-refractivity contribution < 1.29 is 13.2 Å². The molecule has 0 spiro atoms. The Kier molecular flexibility index (Phi) is 4.64. The van der Waals surface area contributed by atoms with Crippen LogP contribution in [0.1, 0.15) is 5.69 Å². The zero-order valence-electron chi connectivity index (χ0n) is 9.26. The normalized spacial score (nSPS) is 10.9. The highest BCUT2D eigenvalue weighted by molar-refractivity contribution is 7.92. The minimum absolute atomic E-state index is 0.121. The molecule has 0 fully saturated rings. The number of amides is 1. The van der Waals surface area contributed by atoms with Gasteiger partial charge in [0.25, 0.3) is 0 Å². The van der Waals surface area contributed by atoms with Crippen molar-refractivity contribution in [1.82, 2.24) is 10.3 Å². The number of nitrogens with zero attached hydrogens (tertiary/aromatic N) is 1. The maximum absolute atomic E-state index is 11.3. The maximum Gasteiger partial charge on any atom is 0.231 e. The molecule has 0 saturated carbocycles. The summed E-state index contributed by atoms with van der Waals surface area (Å²) < 4.78 is 24.1. The SMILES string of the molecule is C=CCNC(=O)Cc1csc(NS(C)(=O)=O)n1. The standard InChI is InChI=1S/C9H13N3O3S2/c1-3-4-10-8(13)5-7-6-16-9(11-7)12-17(2,14)15/h3,6H,1,4-5H2,2H3,(H,10,13)(H,11,12). The molecule has 1 aromatic rings. The molecular formula is C9H13N3O3S2. The fourth-order valence-electron chi connectivity index (χ4n) is 1.01. The number of thiazole rings is 1. The first-order valence-corrected chi connectivity index (χ1v) is 7.47. The van der Waals surface area contributed by atoms with Crippen molar-refractivity contribution in [2.45, 2.75) is 6.42 Å². The van der Waals surface area contributed by atoms with Crippen molar-refractivity contribution >= 4 is 32.4 Å². The van der Waals surface area contributed by atoms with Gasteiger partial charge in [-0.3, -0.25) is 9.52 Å². The molecule has 0 aliphatic rings. The van der Waals surface area contributed by atoms with Crippen molar-refractivity contribution in [3.05, 3.63) is 23.7 Å². The van der Waals surface area contributed by atoms with Gasteiger partial charge in [0, 0.05) is 11.9 Å². The van der Waals surface area contributed by atoms with Gasteiger partial charge in [-0.1, -0.05) is 6.08 Å². The zero-order valence-corrected chi connectivity index (χ0v) is 10.9. The third-order valence-corrected chi connectivity index (χ3v) is 3.11. The van der Waals surface area contributed by atoms with Gasteiger partial charge in [-0.05, 0) is 0 Å². The minimum Gasteiger partial charge on any atom is -0.352 e. The number of hydrogen-bond acceptors (Lipinski definition) is 5. The summed E-state index contributed by atoms with van der Waals surface area (Å²) in [6, 6.07) is 0. The summed E-state index contributed by atoms with van der Waals surface area (Å²) in [5.41, 5.74) is 0.530. The van der Waals surface area contributed by atoms with Crippen LogP contribution in [0.25, 0.3) is 0 Å². The number of anilines is 1. The topological polar surface area (TPSA) is 88.2 Å². The number of rotatable bonds is 6.